The second-order valence-corrected chi connectivity index (χ2v) is 3.23. The quantitative estimate of drug-likeness (QED) is 0.720. The fraction of sp³-hybridized carbons (Fsp3) is 0.583. The third-order valence-electron chi connectivity index (χ3n) is 1.89. The summed E-state index contributed by atoms with van der Waals surface area (Å²) in [5.74, 6) is 1.38. The lowest BCUT2D eigenvalue weighted by Crippen LogP contribution is -1.95. The fourth-order valence-electron chi connectivity index (χ4n) is 1.06. The van der Waals surface area contributed by atoms with Gasteiger partial charge < -0.3 is 4.74 Å². The number of hydrogen-bond donors (Lipinski definition) is 0. The smallest absolute Gasteiger partial charge is 0.125 e. The number of hydrogen-bond acceptors (Lipinski definition) is 2. The Morgan fingerprint density at radius 2 is 1.86 bits per heavy atom. The first kappa shape index (κ1) is 12.9. The molecule has 0 aliphatic carbocycles. The van der Waals surface area contributed by atoms with Crippen LogP contribution in [0.2, 0.25) is 0 Å². The third kappa shape index (κ3) is 3.36. The van der Waals surface area contributed by atoms with Crippen LogP contribution in [0.3, 0.4) is 0 Å². The lowest BCUT2D eigenvalue weighted by molar-refractivity contribution is 0.410. The van der Waals surface area contributed by atoms with Crippen LogP contribution in [0.15, 0.2) is 12.3 Å². The molecule has 0 radical (unpaired) electrons. The van der Waals surface area contributed by atoms with E-state index in [9.17, 15) is 0 Å². The molecule has 0 aliphatic heterocycles. The normalized spacial score (nSPS) is 9.36. The Kier molecular flexibility index (Phi) is 5.93. The molecule has 0 unspecified atom stereocenters. The topological polar surface area (TPSA) is 22.1 Å². The zero-order valence-corrected chi connectivity index (χ0v) is 10.1. The molecule has 0 fully saturated rings. The number of pyridine rings is 1. The van der Waals surface area contributed by atoms with E-state index in [1.54, 1.807) is 7.11 Å². The van der Waals surface area contributed by atoms with Crippen molar-refractivity contribution >= 4 is 0 Å². The number of rotatable bonds is 2. The van der Waals surface area contributed by atoms with Gasteiger partial charge >= 0.3 is 0 Å². The van der Waals surface area contributed by atoms with Gasteiger partial charge in [0.15, 0.2) is 0 Å². The molecule has 14 heavy (non-hydrogen) atoms. The number of nitrogens with zero attached hydrogens (tertiary/aromatic N) is 1. The van der Waals surface area contributed by atoms with E-state index in [0.717, 1.165) is 17.0 Å². The first-order chi connectivity index (χ1) is 6.65. The van der Waals surface area contributed by atoms with Gasteiger partial charge in [-0.25, -0.2) is 0 Å². The van der Waals surface area contributed by atoms with Crippen LogP contribution in [0.25, 0.3) is 0 Å². The fourth-order valence-corrected chi connectivity index (χ4v) is 1.06. The summed E-state index contributed by atoms with van der Waals surface area (Å²) >= 11 is 0. The van der Waals surface area contributed by atoms with E-state index < -0.39 is 0 Å². The van der Waals surface area contributed by atoms with Gasteiger partial charge in [0, 0.05) is 23.5 Å². The van der Waals surface area contributed by atoms with Crippen molar-refractivity contribution in [2.45, 2.75) is 40.5 Å². The largest absolute Gasteiger partial charge is 0.496 e. The van der Waals surface area contributed by atoms with Crippen LogP contribution in [0.1, 0.15) is 44.9 Å². The molecule has 0 amide bonds. The van der Waals surface area contributed by atoms with Gasteiger partial charge in [-0.1, -0.05) is 27.7 Å². The maximum absolute atomic E-state index is 5.20. The minimum atomic E-state index is 0.458. The molecule has 1 aromatic rings. The monoisotopic (exact) mass is 195 g/mol. The molecule has 80 valence electrons. The maximum atomic E-state index is 5.20. The SMILES string of the molecule is CC.COc1cc(C(C)C)ncc1C. The molecule has 1 aromatic heterocycles. The van der Waals surface area contributed by atoms with Crippen LogP contribution in [0.4, 0.5) is 0 Å². The van der Waals surface area contributed by atoms with Crippen LogP contribution in [-0.4, -0.2) is 12.1 Å². The summed E-state index contributed by atoms with van der Waals surface area (Å²) in [6.07, 6.45) is 1.86. The van der Waals surface area contributed by atoms with Gasteiger partial charge in [0.25, 0.3) is 0 Å². The minimum absolute atomic E-state index is 0.458. The van der Waals surface area contributed by atoms with E-state index in [2.05, 4.69) is 18.8 Å². The van der Waals surface area contributed by atoms with Crippen molar-refractivity contribution in [2.75, 3.05) is 7.11 Å². The van der Waals surface area contributed by atoms with Gasteiger partial charge in [0.1, 0.15) is 5.75 Å². The van der Waals surface area contributed by atoms with Crippen LogP contribution in [0.5, 0.6) is 5.75 Å². The van der Waals surface area contributed by atoms with Crippen molar-refractivity contribution in [3.8, 4) is 5.75 Å². The van der Waals surface area contributed by atoms with Crippen molar-refractivity contribution < 1.29 is 4.74 Å². The molecule has 0 N–H and O–H groups in total. The molecule has 1 rings (SSSR count). The van der Waals surface area contributed by atoms with Crippen molar-refractivity contribution in [2.24, 2.45) is 0 Å². The van der Waals surface area contributed by atoms with Crippen LogP contribution < -0.4 is 4.74 Å². The van der Waals surface area contributed by atoms with Gasteiger partial charge in [-0.3, -0.25) is 4.98 Å². The lowest BCUT2D eigenvalue weighted by atomic mass is 10.1. The van der Waals surface area contributed by atoms with Gasteiger partial charge in [-0.05, 0) is 12.8 Å². The second-order valence-electron chi connectivity index (χ2n) is 3.23. The predicted molar refractivity (Wildman–Crippen MR) is 61.0 cm³/mol. The summed E-state index contributed by atoms with van der Waals surface area (Å²) in [7, 11) is 1.69. The van der Waals surface area contributed by atoms with Crippen molar-refractivity contribution in [3.05, 3.63) is 23.5 Å². The Labute approximate surface area is 87.3 Å². The maximum Gasteiger partial charge on any atom is 0.125 e. The van der Waals surface area contributed by atoms with E-state index in [1.165, 1.54) is 0 Å². The van der Waals surface area contributed by atoms with Crippen LogP contribution in [-0.2, 0) is 0 Å². The van der Waals surface area contributed by atoms with E-state index in [0.29, 0.717) is 5.92 Å². The molecular weight excluding hydrogens is 174 g/mol. The van der Waals surface area contributed by atoms with E-state index in [4.69, 9.17) is 4.74 Å². The van der Waals surface area contributed by atoms with Gasteiger partial charge in [0.05, 0.1) is 7.11 Å². The van der Waals surface area contributed by atoms with Crippen molar-refractivity contribution in [3.63, 3.8) is 0 Å². The zero-order chi connectivity index (χ0) is 11.1. The zero-order valence-electron chi connectivity index (χ0n) is 10.1. The average molecular weight is 195 g/mol. The molecule has 0 aliphatic rings. The minimum Gasteiger partial charge on any atom is -0.496 e. The molecule has 0 bridgehead atoms. The van der Waals surface area contributed by atoms with E-state index in [1.807, 2.05) is 33.0 Å². The van der Waals surface area contributed by atoms with Crippen LogP contribution >= 0.6 is 0 Å². The summed E-state index contributed by atoms with van der Waals surface area (Å²) in [6, 6.07) is 2.00. The highest BCUT2D eigenvalue weighted by Crippen LogP contribution is 2.21. The summed E-state index contributed by atoms with van der Waals surface area (Å²) in [5.41, 5.74) is 2.17. The molecule has 0 saturated carbocycles. The summed E-state index contributed by atoms with van der Waals surface area (Å²) in [4.78, 5) is 4.31. The third-order valence-corrected chi connectivity index (χ3v) is 1.89. The van der Waals surface area contributed by atoms with Gasteiger partial charge in [0.2, 0.25) is 0 Å². The number of aromatic nitrogens is 1. The Morgan fingerprint density at radius 1 is 1.29 bits per heavy atom. The predicted octanol–water partition coefficient (Wildman–Crippen LogP) is 3.55. The van der Waals surface area contributed by atoms with Crippen molar-refractivity contribution in [1.29, 1.82) is 0 Å². The molecule has 0 saturated heterocycles. The molecule has 2 nitrogen and oxygen atoms in total. The standard InChI is InChI=1S/C10H15NO.C2H6/c1-7(2)9-5-10(12-4)8(3)6-11-9;1-2/h5-7H,1-4H3;1-2H3. The van der Waals surface area contributed by atoms with Crippen LogP contribution in [0, 0.1) is 6.92 Å². The molecule has 0 spiro atoms. The Hall–Kier alpha value is -1.05. The summed E-state index contributed by atoms with van der Waals surface area (Å²) in [5, 5.41) is 0. The Bertz CT molecular complexity index is 269. The average Bonchev–Trinajstić information content (AvgIpc) is 2.21. The molecule has 1 heterocycles. The summed E-state index contributed by atoms with van der Waals surface area (Å²) in [6.45, 7) is 10.2. The highest BCUT2D eigenvalue weighted by Gasteiger charge is 2.04. The highest BCUT2D eigenvalue weighted by molar-refractivity contribution is 5.32. The van der Waals surface area contributed by atoms with Crippen molar-refractivity contribution in [1.82, 2.24) is 4.98 Å². The molecule has 0 atom stereocenters. The molecular formula is C12H21NO. The number of aryl methyl sites for hydroxylation is 1. The van der Waals surface area contributed by atoms with E-state index in [-0.39, 0.29) is 0 Å². The highest BCUT2D eigenvalue weighted by atomic mass is 16.5. The van der Waals surface area contributed by atoms with Gasteiger partial charge in [-0.2, -0.15) is 0 Å². The first-order valence-electron chi connectivity index (χ1n) is 5.15. The summed E-state index contributed by atoms with van der Waals surface area (Å²) < 4.78 is 5.20. The Balaban J connectivity index is 0.000000791. The molecule has 0 aromatic carbocycles. The number of methoxy groups -OCH3 is 1. The first-order valence-corrected chi connectivity index (χ1v) is 5.15. The van der Waals surface area contributed by atoms with Gasteiger partial charge in [-0.15, -0.1) is 0 Å². The second kappa shape index (κ2) is 6.41. The number of ether oxygens (including phenoxy) is 1. The Morgan fingerprint density at radius 3 is 2.29 bits per heavy atom. The molecule has 2 heteroatoms. The van der Waals surface area contributed by atoms with E-state index >= 15 is 0 Å². The lowest BCUT2D eigenvalue weighted by Gasteiger charge is -2.08.